The monoisotopic (exact) mass is 247 g/mol. The van der Waals surface area contributed by atoms with E-state index in [2.05, 4.69) is 48.5 Å². The van der Waals surface area contributed by atoms with Crippen LogP contribution in [-0.4, -0.2) is 24.1 Å². The fourth-order valence-electron chi connectivity index (χ4n) is 2.32. The van der Waals surface area contributed by atoms with Gasteiger partial charge in [-0.3, -0.25) is 0 Å². The topological polar surface area (TPSA) is 37.0 Å². The molecule has 2 rings (SSSR count). The average Bonchev–Trinajstić information content (AvgIpc) is 2.37. The molecule has 0 aliphatic carbocycles. The molecule has 1 aromatic rings. The van der Waals surface area contributed by atoms with E-state index >= 15 is 0 Å². The zero-order valence-electron chi connectivity index (χ0n) is 11.8. The first-order chi connectivity index (χ1) is 8.55. The summed E-state index contributed by atoms with van der Waals surface area (Å²) >= 11 is 0. The van der Waals surface area contributed by atoms with Crippen LogP contribution in [-0.2, 0) is 5.41 Å². The molecule has 0 amide bonds. The van der Waals surface area contributed by atoms with Gasteiger partial charge in [-0.1, -0.05) is 27.2 Å². The summed E-state index contributed by atoms with van der Waals surface area (Å²) < 4.78 is 0. The van der Waals surface area contributed by atoms with Crippen LogP contribution in [0.25, 0.3) is 0 Å². The van der Waals surface area contributed by atoms with Gasteiger partial charge in [0.2, 0.25) is 0 Å². The van der Waals surface area contributed by atoms with Crippen LogP contribution < -0.4 is 10.6 Å². The number of aromatic nitrogens is 1. The minimum atomic E-state index is 0.183. The van der Waals surface area contributed by atoms with Crippen molar-refractivity contribution in [1.29, 1.82) is 0 Å². The first-order valence-corrected chi connectivity index (χ1v) is 6.99. The predicted octanol–water partition coefficient (Wildman–Crippen LogP) is 2.93. The Morgan fingerprint density at radius 2 is 2.22 bits per heavy atom. The van der Waals surface area contributed by atoms with Crippen molar-refractivity contribution >= 4 is 5.82 Å². The molecule has 1 aliphatic heterocycles. The number of nitrogens with one attached hydrogen (secondary N) is 2. The lowest BCUT2D eigenvalue weighted by Gasteiger charge is -2.24. The van der Waals surface area contributed by atoms with Gasteiger partial charge in [0.15, 0.2) is 0 Å². The van der Waals surface area contributed by atoms with Crippen molar-refractivity contribution in [3.63, 3.8) is 0 Å². The number of rotatable bonds is 3. The van der Waals surface area contributed by atoms with Gasteiger partial charge in [-0.15, -0.1) is 0 Å². The van der Waals surface area contributed by atoms with Gasteiger partial charge < -0.3 is 10.6 Å². The van der Waals surface area contributed by atoms with E-state index in [1.54, 1.807) is 0 Å². The van der Waals surface area contributed by atoms with Crippen molar-refractivity contribution in [3.05, 3.63) is 23.9 Å². The van der Waals surface area contributed by atoms with Crippen molar-refractivity contribution in [3.8, 4) is 0 Å². The Morgan fingerprint density at radius 1 is 1.39 bits per heavy atom. The fraction of sp³-hybridized carbons (Fsp3) is 0.667. The number of anilines is 1. The smallest absolute Gasteiger partial charge is 0.126 e. The number of hydrogen-bond donors (Lipinski definition) is 2. The number of nitrogens with zero attached hydrogens (tertiary/aromatic N) is 1. The van der Waals surface area contributed by atoms with E-state index in [1.807, 2.05) is 6.20 Å². The van der Waals surface area contributed by atoms with Gasteiger partial charge >= 0.3 is 0 Å². The lowest BCUT2D eigenvalue weighted by atomic mass is 9.88. The van der Waals surface area contributed by atoms with Gasteiger partial charge in [0.1, 0.15) is 5.82 Å². The largest absolute Gasteiger partial charge is 0.369 e. The zero-order chi connectivity index (χ0) is 13.0. The van der Waals surface area contributed by atoms with E-state index in [4.69, 9.17) is 0 Å². The third-order valence-corrected chi connectivity index (χ3v) is 3.57. The Morgan fingerprint density at radius 3 is 2.89 bits per heavy atom. The molecular formula is C15H25N3. The van der Waals surface area contributed by atoms with E-state index < -0.39 is 0 Å². The van der Waals surface area contributed by atoms with E-state index in [1.165, 1.54) is 24.8 Å². The van der Waals surface area contributed by atoms with Crippen molar-refractivity contribution < 1.29 is 0 Å². The van der Waals surface area contributed by atoms with Crippen LogP contribution >= 0.6 is 0 Å². The van der Waals surface area contributed by atoms with E-state index in [0.29, 0.717) is 6.04 Å². The van der Waals surface area contributed by atoms with Crippen LogP contribution in [0, 0.1) is 0 Å². The average molecular weight is 247 g/mol. The second-order valence-electron chi connectivity index (χ2n) is 6.21. The molecule has 0 saturated carbocycles. The Bertz CT molecular complexity index is 376. The van der Waals surface area contributed by atoms with Crippen LogP contribution in [0.3, 0.4) is 0 Å². The highest BCUT2D eigenvalue weighted by molar-refractivity contribution is 5.40. The minimum absolute atomic E-state index is 0.183. The molecule has 3 nitrogen and oxygen atoms in total. The van der Waals surface area contributed by atoms with Gasteiger partial charge in [-0.05, 0) is 42.5 Å². The van der Waals surface area contributed by atoms with Crippen molar-refractivity contribution in [1.82, 2.24) is 10.3 Å². The molecule has 2 heterocycles. The van der Waals surface area contributed by atoms with Crippen LogP contribution in [0.1, 0.15) is 45.6 Å². The lowest BCUT2D eigenvalue weighted by molar-refractivity contribution is 0.414. The van der Waals surface area contributed by atoms with Crippen molar-refractivity contribution in [2.45, 2.75) is 51.5 Å². The highest BCUT2D eigenvalue weighted by atomic mass is 15.0. The van der Waals surface area contributed by atoms with Crippen LogP contribution in [0.4, 0.5) is 5.82 Å². The molecule has 2 N–H and O–H groups in total. The van der Waals surface area contributed by atoms with Gasteiger partial charge in [-0.2, -0.15) is 0 Å². The number of pyridine rings is 1. The summed E-state index contributed by atoms with van der Waals surface area (Å²) in [5.41, 5.74) is 1.51. The summed E-state index contributed by atoms with van der Waals surface area (Å²) in [5, 5.41) is 7.00. The first kappa shape index (κ1) is 13.3. The molecule has 0 bridgehead atoms. The van der Waals surface area contributed by atoms with Crippen LogP contribution in [0.2, 0.25) is 0 Å². The van der Waals surface area contributed by atoms with Crippen LogP contribution in [0.15, 0.2) is 18.3 Å². The summed E-state index contributed by atoms with van der Waals surface area (Å²) in [7, 11) is 0. The second kappa shape index (κ2) is 5.70. The predicted molar refractivity (Wildman–Crippen MR) is 77.1 cm³/mol. The van der Waals surface area contributed by atoms with E-state index in [0.717, 1.165) is 18.9 Å². The Hall–Kier alpha value is -1.09. The molecule has 1 atom stereocenters. The molecule has 18 heavy (non-hydrogen) atoms. The minimum Gasteiger partial charge on any atom is -0.369 e. The molecule has 3 heteroatoms. The summed E-state index contributed by atoms with van der Waals surface area (Å²) in [4.78, 5) is 4.40. The Labute approximate surface area is 110 Å². The SMILES string of the molecule is CC(C)(C)c1ccnc(NCC2CCCCN2)c1. The molecular weight excluding hydrogens is 222 g/mol. The molecule has 100 valence electrons. The second-order valence-corrected chi connectivity index (χ2v) is 6.21. The van der Waals surface area contributed by atoms with Gasteiger partial charge in [0.05, 0.1) is 0 Å². The quantitative estimate of drug-likeness (QED) is 0.862. The van der Waals surface area contributed by atoms with Crippen molar-refractivity contribution in [2.75, 3.05) is 18.4 Å². The summed E-state index contributed by atoms with van der Waals surface area (Å²) in [6, 6.07) is 4.87. The zero-order valence-corrected chi connectivity index (χ0v) is 11.8. The molecule has 1 unspecified atom stereocenters. The van der Waals surface area contributed by atoms with E-state index in [9.17, 15) is 0 Å². The maximum absolute atomic E-state index is 4.40. The third kappa shape index (κ3) is 3.70. The summed E-state index contributed by atoms with van der Waals surface area (Å²) in [6.07, 6.45) is 5.83. The molecule has 0 radical (unpaired) electrons. The summed E-state index contributed by atoms with van der Waals surface area (Å²) in [6.45, 7) is 8.82. The highest BCUT2D eigenvalue weighted by Gasteiger charge is 2.15. The van der Waals surface area contributed by atoms with Gasteiger partial charge in [-0.25, -0.2) is 4.98 Å². The lowest BCUT2D eigenvalue weighted by Crippen LogP contribution is -2.39. The summed E-state index contributed by atoms with van der Waals surface area (Å²) in [5.74, 6) is 0.995. The Balaban J connectivity index is 1.92. The molecule has 1 aromatic heterocycles. The number of hydrogen-bond acceptors (Lipinski definition) is 3. The fourth-order valence-corrected chi connectivity index (χ4v) is 2.32. The standard InChI is InChI=1S/C15H25N3/c1-15(2,3)12-7-9-17-14(10-12)18-11-13-6-4-5-8-16-13/h7,9-10,13,16H,4-6,8,11H2,1-3H3,(H,17,18). The van der Waals surface area contributed by atoms with Gasteiger partial charge in [0.25, 0.3) is 0 Å². The maximum Gasteiger partial charge on any atom is 0.126 e. The molecule has 1 saturated heterocycles. The van der Waals surface area contributed by atoms with Crippen molar-refractivity contribution in [2.24, 2.45) is 0 Å². The Kier molecular flexibility index (Phi) is 4.23. The molecule has 0 aromatic carbocycles. The normalized spacial score (nSPS) is 20.7. The van der Waals surface area contributed by atoms with E-state index in [-0.39, 0.29) is 5.41 Å². The maximum atomic E-state index is 4.40. The molecule has 1 aliphatic rings. The first-order valence-electron chi connectivity index (χ1n) is 6.99. The third-order valence-electron chi connectivity index (χ3n) is 3.57. The van der Waals surface area contributed by atoms with Crippen LogP contribution in [0.5, 0.6) is 0 Å². The number of piperidine rings is 1. The molecule has 1 fully saturated rings. The van der Waals surface area contributed by atoms with Gasteiger partial charge in [0, 0.05) is 18.8 Å². The molecule has 0 spiro atoms. The highest BCUT2D eigenvalue weighted by Crippen LogP contribution is 2.23.